The highest BCUT2D eigenvalue weighted by molar-refractivity contribution is 5.54. The summed E-state index contributed by atoms with van der Waals surface area (Å²) in [6, 6.07) is 5.14. The summed E-state index contributed by atoms with van der Waals surface area (Å²) in [6.07, 6.45) is -4.63. The molecule has 1 aliphatic heterocycles. The zero-order valence-electron chi connectivity index (χ0n) is 10.7. The van der Waals surface area contributed by atoms with E-state index in [1.54, 1.807) is 0 Å². The van der Waals surface area contributed by atoms with Gasteiger partial charge >= 0.3 is 6.18 Å². The minimum atomic E-state index is -4.48. The van der Waals surface area contributed by atoms with E-state index in [-0.39, 0.29) is 25.3 Å². The molecule has 1 atom stereocenters. The maximum atomic E-state index is 13.3. The van der Waals surface area contributed by atoms with Gasteiger partial charge in [0, 0.05) is 12.1 Å². The molecule has 3 rings (SSSR count). The van der Waals surface area contributed by atoms with Crippen molar-refractivity contribution >= 4 is 0 Å². The molecule has 0 bridgehead atoms. The Hall–Kier alpha value is -1.96. The minimum absolute atomic E-state index is 0.0144. The molecule has 1 aliphatic rings. The quantitative estimate of drug-likeness (QED) is 0.867. The van der Waals surface area contributed by atoms with Crippen molar-refractivity contribution in [2.45, 2.75) is 18.0 Å². The SMILES string of the molecule is Fc1ccc(-c2noc([C@]3(C(F)(F)F)CCNC3)n2)cc1. The molecule has 1 fully saturated rings. The van der Waals surface area contributed by atoms with E-state index in [1.165, 1.54) is 24.3 Å². The van der Waals surface area contributed by atoms with Crippen LogP contribution in [0.15, 0.2) is 28.8 Å². The van der Waals surface area contributed by atoms with Crippen LogP contribution >= 0.6 is 0 Å². The van der Waals surface area contributed by atoms with Crippen LogP contribution in [-0.2, 0) is 5.41 Å². The average Bonchev–Trinajstić information content (AvgIpc) is 3.08. The van der Waals surface area contributed by atoms with Crippen molar-refractivity contribution in [2.24, 2.45) is 0 Å². The number of halogens is 4. The third-order valence-electron chi connectivity index (χ3n) is 3.64. The number of nitrogens with one attached hydrogen (secondary N) is 1. The second kappa shape index (κ2) is 4.80. The summed E-state index contributed by atoms with van der Waals surface area (Å²) in [5.41, 5.74) is -1.76. The molecule has 21 heavy (non-hydrogen) atoms. The van der Waals surface area contributed by atoms with Crippen LogP contribution in [0.25, 0.3) is 11.4 Å². The Morgan fingerprint density at radius 1 is 1.19 bits per heavy atom. The number of hydrogen-bond donors (Lipinski definition) is 1. The zero-order chi connectivity index (χ0) is 15.1. The highest BCUT2D eigenvalue weighted by Crippen LogP contribution is 2.45. The summed E-state index contributed by atoms with van der Waals surface area (Å²) in [5.74, 6) is -0.894. The third-order valence-corrected chi connectivity index (χ3v) is 3.64. The lowest BCUT2D eigenvalue weighted by molar-refractivity contribution is -0.191. The van der Waals surface area contributed by atoms with Gasteiger partial charge < -0.3 is 9.84 Å². The summed E-state index contributed by atoms with van der Waals surface area (Å²) >= 11 is 0. The van der Waals surface area contributed by atoms with Crippen LogP contribution in [0, 0.1) is 5.82 Å². The Bertz CT molecular complexity index is 630. The Labute approximate surface area is 117 Å². The lowest BCUT2D eigenvalue weighted by atomic mass is 9.86. The van der Waals surface area contributed by atoms with Crippen molar-refractivity contribution < 1.29 is 22.1 Å². The molecule has 1 aromatic heterocycles. The molecule has 1 saturated heterocycles. The van der Waals surface area contributed by atoms with Crippen LogP contribution in [0.5, 0.6) is 0 Å². The van der Waals surface area contributed by atoms with Crippen LogP contribution in [0.4, 0.5) is 17.6 Å². The molecule has 2 aromatic rings. The van der Waals surface area contributed by atoms with E-state index in [1.807, 2.05) is 0 Å². The fourth-order valence-electron chi connectivity index (χ4n) is 2.37. The summed E-state index contributed by atoms with van der Waals surface area (Å²) in [7, 11) is 0. The van der Waals surface area contributed by atoms with Gasteiger partial charge in [-0.1, -0.05) is 5.16 Å². The maximum absolute atomic E-state index is 13.3. The van der Waals surface area contributed by atoms with Crippen molar-refractivity contribution in [2.75, 3.05) is 13.1 Å². The van der Waals surface area contributed by atoms with Gasteiger partial charge in [-0.3, -0.25) is 0 Å². The first-order valence-electron chi connectivity index (χ1n) is 6.30. The van der Waals surface area contributed by atoms with Crippen LogP contribution in [0.3, 0.4) is 0 Å². The van der Waals surface area contributed by atoms with Gasteiger partial charge in [0.2, 0.25) is 11.7 Å². The van der Waals surface area contributed by atoms with E-state index in [2.05, 4.69) is 15.5 Å². The summed E-state index contributed by atoms with van der Waals surface area (Å²) in [6.45, 7) is -0.0602. The molecule has 0 aliphatic carbocycles. The molecule has 112 valence electrons. The van der Waals surface area contributed by atoms with E-state index in [9.17, 15) is 17.6 Å². The van der Waals surface area contributed by atoms with Gasteiger partial charge in [-0.25, -0.2) is 4.39 Å². The Kier molecular flexibility index (Phi) is 3.20. The van der Waals surface area contributed by atoms with Gasteiger partial charge in [0.05, 0.1) is 0 Å². The van der Waals surface area contributed by atoms with Crippen molar-refractivity contribution in [3.05, 3.63) is 36.0 Å². The van der Waals surface area contributed by atoms with E-state index in [4.69, 9.17) is 4.52 Å². The fourth-order valence-corrected chi connectivity index (χ4v) is 2.37. The number of rotatable bonds is 2. The molecule has 4 nitrogen and oxygen atoms in total. The lowest BCUT2D eigenvalue weighted by Gasteiger charge is -2.26. The Morgan fingerprint density at radius 2 is 1.90 bits per heavy atom. The summed E-state index contributed by atoms with van der Waals surface area (Å²) in [4.78, 5) is 3.87. The largest absolute Gasteiger partial charge is 0.404 e. The Balaban J connectivity index is 1.99. The standard InChI is InChI=1S/C13H11F4N3O/c14-9-3-1-8(2-4-9)10-19-11(21-20-10)12(13(15,16)17)5-6-18-7-12/h1-4,18H,5-7H2/t12-/m0/s1. The highest BCUT2D eigenvalue weighted by atomic mass is 19.4. The molecular weight excluding hydrogens is 290 g/mol. The van der Waals surface area contributed by atoms with E-state index in [0.717, 1.165) is 0 Å². The number of hydrogen-bond acceptors (Lipinski definition) is 4. The highest BCUT2D eigenvalue weighted by Gasteiger charge is 2.61. The predicted octanol–water partition coefficient (Wildman–Crippen LogP) is 2.67. The van der Waals surface area contributed by atoms with E-state index in [0.29, 0.717) is 5.56 Å². The molecule has 2 heterocycles. The number of aromatic nitrogens is 2. The molecule has 8 heteroatoms. The van der Waals surface area contributed by atoms with Crippen LogP contribution in [0.2, 0.25) is 0 Å². The number of alkyl halides is 3. The van der Waals surface area contributed by atoms with Gasteiger partial charge in [-0.2, -0.15) is 18.2 Å². The molecule has 0 spiro atoms. The summed E-state index contributed by atoms with van der Waals surface area (Å²) < 4.78 is 57.7. The predicted molar refractivity (Wildman–Crippen MR) is 64.9 cm³/mol. The molecular formula is C13H11F4N3O. The van der Waals surface area contributed by atoms with Crippen molar-refractivity contribution in [3.8, 4) is 11.4 Å². The molecule has 0 amide bonds. The van der Waals surface area contributed by atoms with Crippen LogP contribution < -0.4 is 5.32 Å². The van der Waals surface area contributed by atoms with Gasteiger partial charge in [0.15, 0.2) is 5.41 Å². The van der Waals surface area contributed by atoms with E-state index < -0.39 is 23.3 Å². The van der Waals surface area contributed by atoms with Gasteiger partial charge in [0.25, 0.3) is 0 Å². The topological polar surface area (TPSA) is 51.0 Å². The first-order valence-corrected chi connectivity index (χ1v) is 6.30. The maximum Gasteiger partial charge on any atom is 0.404 e. The van der Waals surface area contributed by atoms with Gasteiger partial charge in [-0.15, -0.1) is 0 Å². The average molecular weight is 301 g/mol. The van der Waals surface area contributed by atoms with Crippen LogP contribution in [-0.4, -0.2) is 29.4 Å². The fraction of sp³-hybridized carbons (Fsp3) is 0.385. The summed E-state index contributed by atoms with van der Waals surface area (Å²) in [5, 5.41) is 6.26. The minimum Gasteiger partial charge on any atom is -0.338 e. The molecule has 0 radical (unpaired) electrons. The van der Waals surface area contributed by atoms with Crippen molar-refractivity contribution in [3.63, 3.8) is 0 Å². The van der Waals surface area contributed by atoms with E-state index >= 15 is 0 Å². The van der Waals surface area contributed by atoms with Gasteiger partial charge in [0.1, 0.15) is 5.82 Å². The number of benzene rings is 1. The zero-order valence-corrected chi connectivity index (χ0v) is 10.7. The molecule has 0 unspecified atom stereocenters. The van der Waals surface area contributed by atoms with Crippen LogP contribution in [0.1, 0.15) is 12.3 Å². The second-order valence-electron chi connectivity index (χ2n) is 4.94. The Morgan fingerprint density at radius 3 is 2.48 bits per heavy atom. The van der Waals surface area contributed by atoms with Crippen molar-refractivity contribution in [1.82, 2.24) is 15.5 Å². The molecule has 1 N–H and O–H groups in total. The van der Waals surface area contributed by atoms with Gasteiger partial charge in [-0.05, 0) is 37.2 Å². The normalized spacial score (nSPS) is 22.7. The molecule has 1 aromatic carbocycles. The second-order valence-corrected chi connectivity index (χ2v) is 4.94. The first-order chi connectivity index (χ1) is 9.92. The lowest BCUT2D eigenvalue weighted by Crippen LogP contribution is -2.44. The number of nitrogens with zero attached hydrogens (tertiary/aromatic N) is 2. The molecule has 0 saturated carbocycles. The third kappa shape index (κ3) is 2.29. The monoisotopic (exact) mass is 301 g/mol. The van der Waals surface area contributed by atoms with Crippen molar-refractivity contribution in [1.29, 1.82) is 0 Å². The smallest absolute Gasteiger partial charge is 0.338 e. The first kappa shape index (κ1) is 14.0.